The number of alkyl halides is 3. The molecule has 1 aliphatic rings. The molecular formula is C21H21F4N3O3. The Bertz CT molecular complexity index is 1040. The van der Waals surface area contributed by atoms with E-state index in [4.69, 9.17) is 0 Å². The number of carbonyl (C=O) groups excluding carboxylic acids is 3. The first-order chi connectivity index (χ1) is 14.5. The SMILES string of the molecule is Cc1cc(NC(=O)c2cc(C(=O)C(=O)NC(C)C(F)(F)F)n3c2CCCC3)ccc1F. The van der Waals surface area contributed by atoms with Gasteiger partial charge >= 0.3 is 6.18 Å². The molecule has 10 heteroatoms. The first-order valence-corrected chi connectivity index (χ1v) is 9.71. The lowest BCUT2D eigenvalue weighted by atomic mass is 10.1. The van der Waals surface area contributed by atoms with Crippen molar-refractivity contribution >= 4 is 23.3 Å². The molecule has 0 saturated heterocycles. The monoisotopic (exact) mass is 439 g/mol. The number of benzene rings is 1. The fourth-order valence-corrected chi connectivity index (χ4v) is 3.44. The highest BCUT2D eigenvalue weighted by Gasteiger charge is 2.39. The lowest BCUT2D eigenvalue weighted by Crippen LogP contribution is -2.46. The number of amides is 2. The van der Waals surface area contributed by atoms with E-state index < -0.39 is 35.6 Å². The molecule has 6 nitrogen and oxygen atoms in total. The average Bonchev–Trinajstić information content (AvgIpc) is 3.09. The van der Waals surface area contributed by atoms with Gasteiger partial charge in [-0.15, -0.1) is 0 Å². The van der Waals surface area contributed by atoms with Crippen molar-refractivity contribution in [1.29, 1.82) is 0 Å². The van der Waals surface area contributed by atoms with Crippen LogP contribution in [-0.2, 0) is 17.8 Å². The van der Waals surface area contributed by atoms with Crippen LogP contribution in [0.4, 0.5) is 23.2 Å². The number of aryl methyl sites for hydroxylation is 1. The Kier molecular flexibility index (Phi) is 6.19. The molecule has 31 heavy (non-hydrogen) atoms. The highest BCUT2D eigenvalue weighted by molar-refractivity contribution is 6.42. The van der Waals surface area contributed by atoms with E-state index >= 15 is 0 Å². The van der Waals surface area contributed by atoms with E-state index in [-0.39, 0.29) is 11.3 Å². The van der Waals surface area contributed by atoms with Gasteiger partial charge in [-0.2, -0.15) is 13.2 Å². The predicted molar refractivity (Wildman–Crippen MR) is 104 cm³/mol. The van der Waals surface area contributed by atoms with E-state index in [1.165, 1.54) is 28.8 Å². The molecule has 1 aromatic carbocycles. The number of halogens is 4. The Hall–Kier alpha value is -3.17. The maximum absolute atomic E-state index is 13.5. The molecule has 1 aliphatic heterocycles. The second-order valence-corrected chi connectivity index (χ2v) is 7.48. The molecule has 2 amide bonds. The van der Waals surface area contributed by atoms with E-state index in [2.05, 4.69) is 5.32 Å². The lowest BCUT2D eigenvalue weighted by Gasteiger charge is -2.19. The van der Waals surface area contributed by atoms with Gasteiger partial charge < -0.3 is 15.2 Å². The van der Waals surface area contributed by atoms with Crippen molar-refractivity contribution in [2.45, 2.75) is 51.9 Å². The lowest BCUT2D eigenvalue weighted by molar-refractivity contribution is -0.156. The minimum absolute atomic E-state index is 0.137. The molecule has 0 saturated carbocycles. The Morgan fingerprint density at radius 3 is 2.48 bits per heavy atom. The summed E-state index contributed by atoms with van der Waals surface area (Å²) in [6.45, 7) is 2.65. The van der Waals surface area contributed by atoms with Crippen LogP contribution in [0.25, 0.3) is 0 Å². The highest BCUT2D eigenvalue weighted by atomic mass is 19.4. The second-order valence-electron chi connectivity index (χ2n) is 7.48. The van der Waals surface area contributed by atoms with Crippen molar-refractivity contribution in [1.82, 2.24) is 9.88 Å². The van der Waals surface area contributed by atoms with Crippen LogP contribution in [0.1, 0.15) is 51.9 Å². The number of hydrogen-bond acceptors (Lipinski definition) is 3. The number of aromatic nitrogens is 1. The molecule has 2 N–H and O–H groups in total. The summed E-state index contributed by atoms with van der Waals surface area (Å²) in [5.74, 6) is -3.52. The van der Waals surface area contributed by atoms with Crippen LogP contribution in [0.3, 0.4) is 0 Å². The van der Waals surface area contributed by atoms with Crippen LogP contribution in [0.2, 0.25) is 0 Å². The van der Waals surface area contributed by atoms with Gasteiger partial charge in [0.1, 0.15) is 11.9 Å². The van der Waals surface area contributed by atoms with E-state index in [0.29, 0.717) is 36.3 Å². The molecule has 2 aromatic rings. The fraction of sp³-hybridized carbons (Fsp3) is 0.381. The Balaban J connectivity index is 1.88. The highest BCUT2D eigenvalue weighted by Crippen LogP contribution is 2.26. The molecule has 0 spiro atoms. The molecule has 1 unspecified atom stereocenters. The number of rotatable bonds is 5. The van der Waals surface area contributed by atoms with Crippen molar-refractivity contribution in [3.63, 3.8) is 0 Å². The maximum atomic E-state index is 13.5. The summed E-state index contributed by atoms with van der Waals surface area (Å²) in [7, 11) is 0. The zero-order valence-electron chi connectivity index (χ0n) is 16.9. The zero-order valence-corrected chi connectivity index (χ0v) is 16.9. The van der Waals surface area contributed by atoms with Crippen LogP contribution in [-0.4, -0.2) is 34.4 Å². The Labute approximate surface area is 175 Å². The molecule has 0 aliphatic carbocycles. The quantitative estimate of drug-likeness (QED) is 0.423. The first-order valence-electron chi connectivity index (χ1n) is 9.71. The fourth-order valence-electron chi connectivity index (χ4n) is 3.44. The number of Topliss-reactive ketones (excluding diaryl/α,β-unsaturated/α-hetero) is 1. The number of ketones is 1. The molecule has 2 heterocycles. The van der Waals surface area contributed by atoms with Gasteiger partial charge in [-0.25, -0.2) is 4.39 Å². The van der Waals surface area contributed by atoms with Crippen LogP contribution in [0.5, 0.6) is 0 Å². The number of fused-ring (bicyclic) bond motifs is 1. The van der Waals surface area contributed by atoms with Crippen LogP contribution >= 0.6 is 0 Å². The third-order valence-corrected chi connectivity index (χ3v) is 5.19. The summed E-state index contributed by atoms with van der Waals surface area (Å²) in [5, 5.41) is 4.28. The average molecular weight is 439 g/mol. The molecule has 0 bridgehead atoms. The predicted octanol–water partition coefficient (Wildman–Crippen LogP) is 3.77. The standard InChI is InChI=1S/C21H21F4N3O3/c1-11-9-13(6-7-15(11)22)27-19(30)14-10-17(28-8-4-3-5-16(14)28)18(29)20(31)26-12(2)21(23,24)25/h6-7,9-10,12H,3-5,8H2,1-2H3,(H,26,31)(H,27,30). The van der Waals surface area contributed by atoms with Crippen molar-refractivity contribution in [3.8, 4) is 0 Å². The number of anilines is 1. The summed E-state index contributed by atoms with van der Waals surface area (Å²) in [4.78, 5) is 37.5. The number of nitrogens with one attached hydrogen (secondary N) is 2. The minimum Gasteiger partial charge on any atom is -0.341 e. The van der Waals surface area contributed by atoms with Crippen molar-refractivity contribution < 1.29 is 31.9 Å². The van der Waals surface area contributed by atoms with Gasteiger partial charge in [0.15, 0.2) is 0 Å². The molecule has 3 rings (SSSR count). The van der Waals surface area contributed by atoms with E-state index in [9.17, 15) is 31.9 Å². The van der Waals surface area contributed by atoms with Crippen molar-refractivity contribution in [3.05, 3.63) is 52.6 Å². The van der Waals surface area contributed by atoms with Gasteiger partial charge in [0.05, 0.1) is 11.3 Å². The molecule has 1 atom stereocenters. The Morgan fingerprint density at radius 2 is 1.84 bits per heavy atom. The summed E-state index contributed by atoms with van der Waals surface area (Å²) in [6, 6.07) is 3.09. The minimum atomic E-state index is -4.69. The normalized spacial score (nSPS) is 14.5. The van der Waals surface area contributed by atoms with Crippen molar-refractivity contribution in [2.24, 2.45) is 0 Å². The summed E-state index contributed by atoms with van der Waals surface area (Å²) in [6.07, 6.45) is -2.77. The van der Waals surface area contributed by atoms with E-state index in [1.54, 1.807) is 12.2 Å². The van der Waals surface area contributed by atoms with E-state index in [0.717, 1.165) is 13.3 Å². The van der Waals surface area contributed by atoms with Gasteiger partial charge in [-0.3, -0.25) is 14.4 Å². The zero-order chi connectivity index (χ0) is 22.9. The number of hydrogen-bond donors (Lipinski definition) is 2. The smallest absolute Gasteiger partial charge is 0.341 e. The van der Waals surface area contributed by atoms with Gasteiger partial charge in [0.2, 0.25) is 0 Å². The third-order valence-electron chi connectivity index (χ3n) is 5.19. The summed E-state index contributed by atoms with van der Waals surface area (Å²) < 4.78 is 53.1. The molecule has 1 aromatic heterocycles. The number of nitrogens with zero attached hydrogens (tertiary/aromatic N) is 1. The summed E-state index contributed by atoms with van der Waals surface area (Å²) >= 11 is 0. The van der Waals surface area contributed by atoms with Gasteiger partial charge in [-0.05, 0) is 62.9 Å². The summed E-state index contributed by atoms with van der Waals surface area (Å²) in [5.41, 5.74) is 1.23. The molecular weight excluding hydrogens is 418 g/mol. The molecule has 0 fully saturated rings. The maximum Gasteiger partial charge on any atom is 0.408 e. The topological polar surface area (TPSA) is 80.2 Å². The molecule has 166 valence electrons. The van der Waals surface area contributed by atoms with Crippen LogP contribution < -0.4 is 10.6 Å². The van der Waals surface area contributed by atoms with Gasteiger partial charge in [0.25, 0.3) is 17.6 Å². The Morgan fingerprint density at radius 1 is 1.13 bits per heavy atom. The third kappa shape index (κ3) is 4.78. The van der Waals surface area contributed by atoms with Crippen LogP contribution in [0, 0.1) is 12.7 Å². The first kappa shape index (κ1) is 22.5. The van der Waals surface area contributed by atoms with Gasteiger partial charge in [0, 0.05) is 17.9 Å². The van der Waals surface area contributed by atoms with Gasteiger partial charge in [-0.1, -0.05) is 0 Å². The largest absolute Gasteiger partial charge is 0.408 e. The van der Waals surface area contributed by atoms with E-state index in [1.807, 2.05) is 0 Å². The van der Waals surface area contributed by atoms with Crippen molar-refractivity contribution in [2.75, 3.05) is 5.32 Å². The second kappa shape index (κ2) is 8.52. The number of carbonyl (C=O) groups is 3. The molecule has 0 radical (unpaired) electrons. The van der Waals surface area contributed by atoms with Crippen LogP contribution in [0.15, 0.2) is 24.3 Å².